The van der Waals surface area contributed by atoms with Crippen LogP contribution in [-0.4, -0.2) is 17.2 Å². The number of aryl methyl sites for hydroxylation is 1. The van der Waals surface area contributed by atoms with Crippen molar-refractivity contribution in [3.8, 4) is 17.6 Å². The number of phenolic OH excluding ortho intramolecular Hbond substituents is 1. The van der Waals surface area contributed by atoms with Crippen LogP contribution in [0, 0.1) is 17.2 Å². The number of allylic oxidation sites excluding steroid dienone is 1. The Labute approximate surface area is 139 Å². The van der Waals surface area contributed by atoms with Crippen LogP contribution in [0.3, 0.4) is 0 Å². The third-order valence-electron chi connectivity index (χ3n) is 4.05. The highest BCUT2D eigenvalue weighted by molar-refractivity contribution is 7.13. The smallest absolute Gasteiger partial charge is 0.161 e. The van der Waals surface area contributed by atoms with Crippen molar-refractivity contribution in [2.75, 3.05) is 7.11 Å². The van der Waals surface area contributed by atoms with Gasteiger partial charge in [0.05, 0.1) is 18.4 Å². The molecule has 1 aromatic heterocycles. The largest absolute Gasteiger partial charge is 0.504 e. The minimum absolute atomic E-state index is 0.0851. The van der Waals surface area contributed by atoms with Gasteiger partial charge in [-0.1, -0.05) is 13.0 Å². The average Bonchev–Trinajstić information content (AvgIpc) is 2.96. The van der Waals surface area contributed by atoms with Crippen molar-refractivity contribution in [2.45, 2.75) is 26.2 Å². The number of rotatable bonds is 3. The first-order chi connectivity index (χ1) is 11.1. The second-order valence-electron chi connectivity index (χ2n) is 5.84. The molecule has 1 N–H and O–H groups in total. The Morgan fingerprint density at radius 2 is 2.35 bits per heavy atom. The maximum atomic E-state index is 9.66. The molecule has 0 fully saturated rings. The van der Waals surface area contributed by atoms with Gasteiger partial charge >= 0.3 is 0 Å². The van der Waals surface area contributed by atoms with Gasteiger partial charge in [0.2, 0.25) is 0 Å². The lowest BCUT2D eigenvalue weighted by molar-refractivity contribution is 0.373. The fourth-order valence-electron chi connectivity index (χ4n) is 2.75. The summed E-state index contributed by atoms with van der Waals surface area (Å²) in [6.07, 6.45) is 5.00. The highest BCUT2D eigenvalue weighted by Gasteiger charge is 2.21. The third-order valence-corrected chi connectivity index (χ3v) is 5.20. The Hall–Kier alpha value is -2.32. The van der Waals surface area contributed by atoms with E-state index in [4.69, 9.17) is 4.74 Å². The average molecular weight is 326 g/mol. The Morgan fingerprint density at radius 3 is 3.09 bits per heavy atom. The molecule has 1 heterocycles. The van der Waals surface area contributed by atoms with Crippen molar-refractivity contribution in [3.63, 3.8) is 0 Å². The highest BCUT2D eigenvalue weighted by Crippen LogP contribution is 2.34. The van der Waals surface area contributed by atoms with Gasteiger partial charge in [0.1, 0.15) is 11.1 Å². The van der Waals surface area contributed by atoms with Crippen LogP contribution in [0.15, 0.2) is 18.2 Å². The number of nitriles is 1. The van der Waals surface area contributed by atoms with Gasteiger partial charge in [-0.05, 0) is 49.0 Å². The Balaban J connectivity index is 1.95. The van der Waals surface area contributed by atoms with Crippen LogP contribution in [0.1, 0.15) is 34.5 Å². The summed E-state index contributed by atoms with van der Waals surface area (Å²) in [5.74, 6) is 1.16. The lowest BCUT2D eigenvalue weighted by Gasteiger charge is -2.15. The standard InChI is InChI=1S/C18H18N2O2S/c1-11-3-5-14-17(7-11)23-18(20-14)13(10-19)8-12-4-6-15(21)16(9-12)22-2/h4,6,8-9,11,21H,3,5,7H2,1-2H3/b13-8+/t11-/m1/s1. The van der Waals surface area contributed by atoms with Crippen LogP contribution in [-0.2, 0) is 12.8 Å². The van der Waals surface area contributed by atoms with Crippen molar-refractivity contribution in [2.24, 2.45) is 5.92 Å². The second kappa shape index (κ2) is 6.43. The van der Waals surface area contributed by atoms with Crippen LogP contribution in [0.5, 0.6) is 11.5 Å². The summed E-state index contributed by atoms with van der Waals surface area (Å²) in [7, 11) is 1.50. The summed E-state index contributed by atoms with van der Waals surface area (Å²) in [4.78, 5) is 5.97. The molecule has 0 aliphatic heterocycles. The molecule has 0 unspecified atom stereocenters. The van der Waals surface area contributed by atoms with Crippen molar-refractivity contribution in [1.29, 1.82) is 5.26 Å². The summed E-state index contributed by atoms with van der Waals surface area (Å²) in [6.45, 7) is 2.26. The van der Waals surface area contributed by atoms with Crippen LogP contribution >= 0.6 is 11.3 Å². The van der Waals surface area contributed by atoms with Crippen molar-refractivity contribution < 1.29 is 9.84 Å². The topological polar surface area (TPSA) is 66.1 Å². The number of aromatic nitrogens is 1. The molecule has 0 radical (unpaired) electrons. The van der Waals surface area contributed by atoms with Gasteiger partial charge in [-0.3, -0.25) is 0 Å². The predicted molar refractivity (Wildman–Crippen MR) is 91.4 cm³/mol. The van der Waals surface area contributed by atoms with Gasteiger partial charge in [0.25, 0.3) is 0 Å². The second-order valence-corrected chi connectivity index (χ2v) is 6.92. The quantitative estimate of drug-likeness (QED) is 0.864. The van der Waals surface area contributed by atoms with E-state index in [1.807, 2.05) is 0 Å². The maximum absolute atomic E-state index is 9.66. The zero-order valence-corrected chi connectivity index (χ0v) is 14.0. The van der Waals surface area contributed by atoms with Crippen LogP contribution < -0.4 is 4.74 Å². The molecule has 4 nitrogen and oxygen atoms in total. The van der Waals surface area contributed by atoms with Crippen molar-refractivity contribution in [1.82, 2.24) is 4.98 Å². The molecular formula is C18H18N2O2S. The summed E-state index contributed by atoms with van der Waals surface area (Å²) < 4.78 is 5.11. The van der Waals surface area contributed by atoms with Crippen LogP contribution in [0.2, 0.25) is 0 Å². The molecule has 0 amide bonds. The number of ether oxygens (including phenoxy) is 1. The van der Waals surface area contributed by atoms with Gasteiger partial charge in [-0.15, -0.1) is 11.3 Å². The number of thiazole rings is 1. The monoisotopic (exact) mass is 326 g/mol. The summed E-state index contributed by atoms with van der Waals surface area (Å²) in [5, 5.41) is 19.9. The minimum atomic E-state index is 0.0851. The molecule has 5 heteroatoms. The number of hydrogen-bond donors (Lipinski definition) is 1. The molecule has 0 saturated carbocycles. The molecule has 23 heavy (non-hydrogen) atoms. The Morgan fingerprint density at radius 1 is 1.52 bits per heavy atom. The fraction of sp³-hybridized carbons (Fsp3) is 0.333. The molecule has 1 aliphatic carbocycles. The first-order valence-corrected chi connectivity index (χ1v) is 8.40. The molecule has 118 valence electrons. The van der Waals surface area contributed by atoms with Gasteiger partial charge in [-0.25, -0.2) is 4.98 Å². The summed E-state index contributed by atoms with van der Waals surface area (Å²) >= 11 is 1.62. The maximum Gasteiger partial charge on any atom is 0.161 e. The van der Waals surface area contributed by atoms with Crippen LogP contribution in [0.25, 0.3) is 11.6 Å². The molecule has 0 saturated heterocycles. The number of hydrogen-bond acceptors (Lipinski definition) is 5. The molecule has 1 aromatic carbocycles. The number of fused-ring (bicyclic) bond motifs is 1. The molecule has 1 atom stereocenters. The first-order valence-electron chi connectivity index (χ1n) is 7.58. The molecular weight excluding hydrogens is 308 g/mol. The molecule has 0 spiro atoms. The van der Waals surface area contributed by atoms with E-state index in [0.717, 1.165) is 35.5 Å². The molecule has 0 bridgehead atoms. The van der Waals surface area contributed by atoms with Gasteiger partial charge in [0, 0.05) is 4.88 Å². The number of phenols is 1. The fourth-order valence-corrected chi connectivity index (χ4v) is 3.98. The number of methoxy groups -OCH3 is 1. The van der Waals surface area contributed by atoms with E-state index < -0.39 is 0 Å². The predicted octanol–water partition coefficient (Wildman–Crippen LogP) is 4.05. The highest BCUT2D eigenvalue weighted by atomic mass is 32.1. The van der Waals surface area contributed by atoms with Gasteiger partial charge in [-0.2, -0.15) is 5.26 Å². The van der Waals surface area contributed by atoms with E-state index in [2.05, 4.69) is 18.0 Å². The first kappa shape index (κ1) is 15.6. The van der Waals surface area contributed by atoms with E-state index in [-0.39, 0.29) is 5.75 Å². The van der Waals surface area contributed by atoms with Crippen molar-refractivity contribution in [3.05, 3.63) is 39.3 Å². The number of aromatic hydroxyl groups is 1. The lowest BCUT2D eigenvalue weighted by Crippen LogP contribution is -2.09. The third kappa shape index (κ3) is 3.22. The number of benzene rings is 1. The van der Waals surface area contributed by atoms with Gasteiger partial charge < -0.3 is 9.84 Å². The van der Waals surface area contributed by atoms with Gasteiger partial charge in [0.15, 0.2) is 11.5 Å². The Bertz CT molecular complexity index is 802. The summed E-state index contributed by atoms with van der Waals surface area (Å²) in [5.41, 5.74) is 2.50. The van der Waals surface area contributed by atoms with Crippen molar-refractivity contribution >= 4 is 23.0 Å². The van der Waals surface area contributed by atoms with E-state index in [1.165, 1.54) is 12.0 Å². The number of nitrogens with zero attached hydrogens (tertiary/aromatic N) is 2. The molecule has 1 aliphatic rings. The minimum Gasteiger partial charge on any atom is -0.504 e. The molecule has 2 aromatic rings. The Kier molecular flexibility index (Phi) is 4.35. The lowest BCUT2D eigenvalue weighted by atomic mass is 9.93. The SMILES string of the molecule is COc1cc(/C=C(\C#N)c2nc3c(s2)C[C@H](C)CC3)ccc1O. The van der Waals surface area contributed by atoms with E-state index in [1.54, 1.807) is 35.6 Å². The normalized spacial score (nSPS) is 17.4. The van der Waals surface area contributed by atoms with E-state index in [0.29, 0.717) is 17.2 Å². The van der Waals surface area contributed by atoms with Crippen LogP contribution in [0.4, 0.5) is 0 Å². The zero-order chi connectivity index (χ0) is 16.4. The summed E-state index contributed by atoms with van der Waals surface area (Å²) in [6, 6.07) is 7.27. The molecule has 3 rings (SSSR count). The van der Waals surface area contributed by atoms with E-state index >= 15 is 0 Å². The van der Waals surface area contributed by atoms with E-state index in [9.17, 15) is 10.4 Å². The zero-order valence-electron chi connectivity index (χ0n) is 13.2.